The van der Waals surface area contributed by atoms with Crippen molar-refractivity contribution in [2.75, 3.05) is 13.7 Å². The van der Waals surface area contributed by atoms with E-state index in [9.17, 15) is 13.6 Å². The van der Waals surface area contributed by atoms with Crippen LogP contribution in [0.3, 0.4) is 0 Å². The minimum atomic E-state index is -2.69. The number of carbonyl (C=O) groups is 1. The highest BCUT2D eigenvalue weighted by Gasteiger charge is 2.20. The lowest BCUT2D eigenvalue weighted by molar-refractivity contribution is -0.142. The summed E-state index contributed by atoms with van der Waals surface area (Å²) in [4.78, 5) is 15.2. The molecule has 0 bridgehead atoms. The Balaban J connectivity index is 3.13. The van der Waals surface area contributed by atoms with Crippen LogP contribution in [0.2, 0.25) is 0 Å². The van der Waals surface area contributed by atoms with Gasteiger partial charge in [-0.15, -0.1) is 0 Å². The number of nitrogens with zero attached hydrogens (tertiary/aromatic N) is 1. The zero-order chi connectivity index (χ0) is 13.7. The van der Waals surface area contributed by atoms with Crippen molar-refractivity contribution in [3.63, 3.8) is 0 Å². The number of carbonyl (C=O) groups excluding carboxylic acids is 1. The van der Waals surface area contributed by atoms with Crippen LogP contribution in [0, 0.1) is 6.92 Å². The van der Waals surface area contributed by atoms with E-state index in [0.29, 0.717) is 0 Å². The van der Waals surface area contributed by atoms with Gasteiger partial charge in [-0.05, 0) is 19.4 Å². The lowest BCUT2D eigenvalue weighted by Gasteiger charge is -2.12. The number of halogens is 2. The van der Waals surface area contributed by atoms with Crippen LogP contribution in [-0.4, -0.2) is 24.7 Å². The van der Waals surface area contributed by atoms with Crippen LogP contribution >= 0.6 is 0 Å². The van der Waals surface area contributed by atoms with Gasteiger partial charge in [0.1, 0.15) is 0 Å². The second kappa shape index (κ2) is 6.28. The van der Waals surface area contributed by atoms with E-state index in [4.69, 9.17) is 9.47 Å². The molecule has 18 heavy (non-hydrogen) atoms. The van der Waals surface area contributed by atoms with Gasteiger partial charge in [-0.1, -0.05) is 0 Å². The smallest absolute Gasteiger partial charge is 0.310 e. The highest BCUT2D eigenvalue weighted by molar-refractivity contribution is 5.73. The molecule has 0 saturated heterocycles. The third kappa shape index (κ3) is 3.38. The Morgan fingerprint density at radius 2 is 2.17 bits per heavy atom. The van der Waals surface area contributed by atoms with Crippen molar-refractivity contribution in [1.29, 1.82) is 0 Å². The van der Waals surface area contributed by atoms with Gasteiger partial charge in [-0.2, -0.15) is 0 Å². The van der Waals surface area contributed by atoms with Gasteiger partial charge in [0.05, 0.1) is 25.8 Å². The van der Waals surface area contributed by atoms with Gasteiger partial charge in [0.25, 0.3) is 6.43 Å². The van der Waals surface area contributed by atoms with Gasteiger partial charge in [0.15, 0.2) is 0 Å². The molecule has 4 nitrogen and oxygen atoms in total. The number of aryl methyl sites for hydroxylation is 1. The Morgan fingerprint density at radius 3 is 2.67 bits per heavy atom. The molecule has 0 aliphatic heterocycles. The number of alkyl halides is 2. The fraction of sp³-hybridized carbons (Fsp3) is 0.500. The molecule has 0 N–H and O–H groups in total. The van der Waals surface area contributed by atoms with Crippen molar-refractivity contribution in [3.05, 3.63) is 22.9 Å². The highest BCUT2D eigenvalue weighted by atomic mass is 19.3. The molecule has 1 aromatic rings. The summed E-state index contributed by atoms with van der Waals surface area (Å²) in [7, 11) is 1.39. The van der Waals surface area contributed by atoms with E-state index in [1.807, 2.05) is 0 Å². The van der Waals surface area contributed by atoms with Gasteiger partial charge >= 0.3 is 5.97 Å². The minimum absolute atomic E-state index is 0.156. The number of rotatable bonds is 5. The standard InChI is InChI=1S/C12H15F2NO3/c1-4-18-10(16)6-8-5-9(17-3)15-7(2)11(8)12(13)14/h5,12H,4,6H2,1-3H3. The fourth-order valence-corrected chi connectivity index (χ4v) is 1.63. The first kappa shape index (κ1) is 14.3. The molecular weight excluding hydrogens is 244 g/mol. The molecular formula is C12H15F2NO3. The first-order chi connectivity index (χ1) is 8.49. The zero-order valence-corrected chi connectivity index (χ0v) is 10.5. The van der Waals surface area contributed by atoms with E-state index in [0.717, 1.165) is 0 Å². The van der Waals surface area contributed by atoms with E-state index < -0.39 is 12.4 Å². The molecule has 0 aliphatic rings. The summed E-state index contributed by atoms with van der Waals surface area (Å²) in [6, 6.07) is 1.34. The van der Waals surface area contributed by atoms with Crippen LogP contribution in [0.5, 0.6) is 5.88 Å². The van der Waals surface area contributed by atoms with Crippen molar-refractivity contribution >= 4 is 5.97 Å². The summed E-state index contributed by atoms with van der Waals surface area (Å²) < 4.78 is 35.5. The highest BCUT2D eigenvalue weighted by Crippen LogP contribution is 2.28. The largest absolute Gasteiger partial charge is 0.481 e. The Hall–Kier alpha value is -1.72. The van der Waals surface area contributed by atoms with Crippen molar-refractivity contribution in [2.45, 2.75) is 26.7 Å². The van der Waals surface area contributed by atoms with Crippen LogP contribution in [0.1, 0.15) is 30.2 Å². The molecule has 0 atom stereocenters. The fourth-order valence-electron chi connectivity index (χ4n) is 1.63. The van der Waals surface area contributed by atoms with Crippen LogP contribution in [-0.2, 0) is 16.0 Å². The summed E-state index contributed by atoms with van der Waals surface area (Å²) in [6.07, 6.45) is -2.90. The molecule has 0 spiro atoms. The van der Waals surface area contributed by atoms with E-state index in [2.05, 4.69) is 4.98 Å². The van der Waals surface area contributed by atoms with E-state index >= 15 is 0 Å². The monoisotopic (exact) mass is 259 g/mol. The van der Waals surface area contributed by atoms with Crippen molar-refractivity contribution in [3.8, 4) is 5.88 Å². The van der Waals surface area contributed by atoms with E-state index in [1.54, 1.807) is 6.92 Å². The Labute approximate surface area is 104 Å². The topological polar surface area (TPSA) is 48.4 Å². The van der Waals surface area contributed by atoms with Crippen molar-refractivity contribution in [2.24, 2.45) is 0 Å². The molecule has 0 fully saturated rings. The average molecular weight is 259 g/mol. The summed E-state index contributed by atoms with van der Waals surface area (Å²) in [6.45, 7) is 3.33. The maximum absolute atomic E-state index is 12.9. The lowest BCUT2D eigenvalue weighted by Crippen LogP contribution is -2.11. The summed E-state index contributed by atoms with van der Waals surface area (Å²) in [5, 5.41) is 0. The van der Waals surface area contributed by atoms with E-state index in [-0.39, 0.29) is 35.7 Å². The van der Waals surface area contributed by atoms with Crippen LogP contribution < -0.4 is 4.74 Å². The normalized spacial score (nSPS) is 10.6. The number of esters is 1. The van der Waals surface area contributed by atoms with Crippen LogP contribution in [0.15, 0.2) is 6.07 Å². The second-order valence-electron chi connectivity index (χ2n) is 3.61. The molecule has 1 aromatic heterocycles. The predicted molar refractivity (Wildman–Crippen MR) is 60.8 cm³/mol. The first-order valence-corrected chi connectivity index (χ1v) is 5.47. The maximum Gasteiger partial charge on any atom is 0.310 e. The average Bonchev–Trinajstić information content (AvgIpc) is 2.27. The van der Waals surface area contributed by atoms with Gasteiger partial charge in [0, 0.05) is 11.6 Å². The molecule has 100 valence electrons. The van der Waals surface area contributed by atoms with Gasteiger partial charge < -0.3 is 9.47 Å². The molecule has 1 heterocycles. The molecule has 0 saturated carbocycles. The summed E-state index contributed by atoms with van der Waals surface area (Å²) >= 11 is 0. The molecule has 0 aromatic carbocycles. The lowest BCUT2D eigenvalue weighted by atomic mass is 10.0. The number of aromatic nitrogens is 1. The number of ether oxygens (including phenoxy) is 2. The first-order valence-electron chi connectivity index (χ1n) is 5.47. The van der Waals surface area contributed by atoms with Gasteiger partial charge in [0.2, 0.25) is 5.88 Å². The van der Waals surface area contributed by atoms with Crippen molar-refractivity contribution < 1.29 is 23.0 Å². The molecule has 6 heteroatoms. The summed E-state index contributed by atoms with van der Waals surface area (Å²) in [5.74, 6) is -0.344. The SMILES string of the molecule is CCOC(=O)Cc1cc(OC)nc(C)c1C(F)F. The number of hydrogen-bond donors (Lipinski definition) is 0. The second-order valence-corrected chi connectivity index (χ2v) is 3.61. The quantitative estimate of drug-likeness (QED) is 0.762. The van der Waals surface area contributed by atoms with Gasteiger partial charge in [-0.25, -0.2) is 13.8 Å². The molecule has 0 aliphatic carbocycles. The Bertz CT molecular complexity index is 436. The minimum Gasteiger partial charge on any atom is -0.481 e. The molecule has 0 radical (unpaired) electrons. The Kier molecular flexibility index (Phi) is 5.00. The third-order valence-electron chi connectivity index (χ3n) is 2.38. The predicted octanol–water partition coefficient (Wildman–Crippen LogP) is 2.44. The Morgan fingerprint density at radius 1 is 1.50 bits per heavy atom. The molecule has 0 amide bonds. The maximum atomic E-state index is 12.9. The number of hydrogen-bond acceptors (Lipinski definition) is 4. The summed E-state index contributed by atoms with van der Waals surface area (Å²) in [5.41, 5.74) is 0.111. The zero-order valence-electron chi connectivity index (χ0n) is 10.5. The van der Waals surface area contributed by atoms with Gasteiger partial charge in [-0.3, -0.25) is 4.79 Å². The molecule has 1 rings (SSSR count). The number of methoxy groups -OCH3 is 1. The van der Waals surface area contributed by atoms with Crippen LogP contribution in [0.4, 0.5) is 8.78 Å². The third-order valence-corrected chi connectivity index (χ3v) is 2.38. The number of pyridine rings is 1. The van der Waals surface area contributed by atoms with E-state index in [1.165, 1.54) is 20.1 Å². The van der Waals surface area contributed by atoms with Crippen molar-refractivity contribution in [1.82, 2.24) is 4.98 Å². The molecule has 0 unspecified atom stereocenters. The van der Waals surface area contributed by atoms with Crippen LogP contribution in [0.25, 0.3) is 0 Å².